The van der Waals surface area contributed by atoms with Crippen molar-refractivity contribution < 1.29 is 8.42 Å². The van der Waals surface area contributed by atoms with Crippen molar-refractivity contribution in [1.82, 2.24) is 54.8 Å². The number of halogens is 4. The standard InChI is InChI=1S/C24H26N2O4S.C24H26N2O2.2C23H22Cl2N2O2.C23H25N3O2/c1-31(29,30)21-10-6-5-9-19(21)15-20-22(25-24(28)26-23(20)27)18-13-11-17(12-14-18)16-7-3-2-4-8-16;1-16-6-5-7-17(14-16)15-21-22(25-24(28)26-23(21)27)20-12-10-19(11-13-20)18-8-3-2-4-9-18;24-18-10-11-20(25)17(12-18)13-19-21(26-23(29)27-22(19)28)16-8-6-15(7-9-16)14-4-2-1-3-5-14;24-18-11-10-17(20(25)13-18)12-19-21(26-23(29)27-22(19)28)16-8-6-15(7-9-16)14-4-2-1-3-5-14;1-15-6-5-9-19(24-15)14-20-21(25-23(28)26-22(20)27)18-12-10-17(11-13-18)16-7-3-2-4-8-16/h2-10,17-18H,11-15H2,1H3,(H2,25,26,27,28);2-9,14,19-20H,10-13,15H2,1H3,(H2,25,26,27,28);1-5,10-12,15-16H,6-9,13H2,(H2,26,27,28,29);1-5,10-11,13,15-16H,6-9,12H2,(H2,26,27,28,29);2-9,17-18H,10-14H2,1H3,(H2,25,26,27,28). The highest BCUT2D eigenvalue weighted by molar-refractivity contribution is 7.90. The summed E-state index contributed by atoms with van der Waals surface area (Å²) in [6.45, 7) is 3.98. The zero-order valence-electron chi connectivity index (χ0n) is 81.5. The van der Waals surface area contributed by atoms with Gasteiger partial charge in [0.15, 0.2) is 9.84 Å². The Hall–Kier alpha value is -13.4. The van der Waals surface area contributed by atoms with Crippen molar-refractivity contribution in [1.29, 1.82) is 0 Å². The normalized spacial score (nSPS) is 19.3. The number of aromatic amines is 10. The number of pyridine rings is 1. The van der Waals surface area contributed by atoms with Crippen molar-refractivity contribution in [2.75, 3.05) is 6.26 Å². The third-order valence-corrected chi connectivity index (χ3v) is 32.1. The molecule has 20 rings (SSSR count). The summed E-state index contributed by atoms with van der Waals surface area (Å²) in [5, 5.41) is 2.18. The Kier molecular flexibility index (Phi) is 35.3. The van der Waals surface area contributed by atoms with Crippen molar-refractivity contribution >= 4 is 56.2 Å². The minimum atomic E-state index is -3.43. The Bertz CT molecular complexity index is 7590. The second-order valence-electron chi connectivity index (χ2n) is 39.3. The largest absolute Gasteiger partial charge is 0.325 e. The number of aryl methyl sites for hydroxylation is 2. The molecule has 6 aromatic heterocycles. The zero-order chi connectivity index (χ0) is 102. The van der Waals surface area contributed by atoms with Gasteiger partial charge in [-0.3, -0.25) is 53.9 Å². The molecule has 145 heavy (non-hydrogen) atoms. The van der Waals surface area contributed by atoms with Gasteiger partial charge >= 0.3 is 28.4 Å². The van der Waals surface area contributed by atoms with Gasteiger partial charge < -0.3 is 24.9 Å². The van der Waals surface area contributed by atoms with Gasteiger partial charge in [-0.2, -0.15) is 0 Å². The number of sulfone groups is 1. The highest BCUT2D eigenvalue weighted by Gasteiger charge is 2.34. The highest BCUT2D eigenvalue weighted by Crippen LogP contribution is 2.47. The summed E-state index contributed by atoms with van der Waals surface area (Å²) >= 11 is 24.7. The van der Waals surface area contributed by atoms with Crippen LogP contribution >= 0.6 is 46.4 Å². The fourth-order valence-electron chi connectivity index (χ4n) is 22.3. The minimum absolute atomic E-state index is 0.0651. The van der Waals surface area contributed by atoms with E-state index in [-0.39, 0.29) is 63.1 Å². The SMILES string of the molecule is CS(=O)(=O)c1ccccc1Cc1c(C2CCC(c3ccccc3)CC2)[nH]c(=O)[nH]c1=O.Cc1cccc(Cc2c(C3CCC(c4ccccc4)CC3)[nH]c(=O)[nH]c2=O)c1.Cc1cccc(Cc2c(C3CCC(c4ccccc4)CC3)[nH]c(=O)[nH]c2=O)n1.O=c1[nH]c(C2CCC(c3ccccc3)CC2)c(Cc2cc(Cl)ccc2Cl)c(=O)[nH]1.O=c1[nH]c(C2CCC(c3ccccc3)CC2)c(Cc2ccc(Cl)cc2Cl)c(=O)[nH]1. The molecule has 28 heteroatoms. The average molecular weight is 2050 g/mol. The maximum Gasteiger partial charge on any atom is 0.325 e. The van der Waals surface area contributed by atoms with Gasteiger partial charge in [0.2, 0.25) is 0 Å². The topological polar surface area (TPSA) is 376 Å². The van der Waals surface area contributed by atoms with Gasteiger partial charge in [-0.05, 0) is 300 Å². The van der Waals surface area contributed by atoms with Crippen LogP contribution in [0.4, 0.5) is 0 Å². The molecule has 6 heterocycles. The van der Waals surface area contributed by atoms with Gasteiger partial charge in [0.1, 0.15) is 0 Å². The Morgan fingerprint density at radius 2 is 0.552 bits per heavy atom. The van der Waals surface area contributed by atoms with Gasteiger partial charge in [-0.1, -0.05) is 258 Å². The molecule has 0 amide bonds. The molecule has 5 saturated carbocycles. The second-order valence-corrected chi connectivity index (χ2v) is 43.0. The first-order chi connectivity index (χ1) is 70.0. The first kappa shape index (κ1) is 104. The van der Waals surface area contributed by atoms with Crippen LogP contribution in [0.25, 0.3) is 0 Å². The van der Waals surface area contributed by atoms with E-state index in [1.54, 1.807) is 54.6 Å². The molecule has 23 nitrogen and oxygen atoms in total. The molecule has 9 aromatic carbocycles. The first-order valence-electron chi connectivity index (χ1n) is 50.2. The van der Waals surface area contributed by atoms with Gasteiger partial charge in [0.05, 0.1) is 4.90 Å². The van der Waals surface area contributed by atoms with Crippen molar-refractivity contribution in [3.8, 4) is 0 Å². The van der Waals surface area contributed by atoms with Crippen LogP contribution in [-0.2, 0) is 41.9 Å². The molecule has 5 aliphatic rings. The lowest BCUT2D eigenvalue weighted by atomic mass is 9.76. The predicted molar refractivity (Wildman–Crippen MR) is 577 cm³/mol. The minimum Gasteiger partial charge on any atom is -0.311 e. The maximum absolute atomic E-state index is 12.7. The molecule has 0 radical (unpaired) electrons. The van der Waals surface area contributed by atoms with Crippen LogP contribution in [0, 0.1) is 13.8 Å². The number of hydrogen-bond acceptors (Lipinski definition) is 13. The number of hydrogen-bond donors (Lipinski definition) is 10. The lowest BCUT2D eigenvalue weighted by Crippen LogP contribution is -2.30. The predicted octanol–water partition coefficient (Wildman–Crippen LogP) is 22.5. The molecule has 0 bridgehead atoms. The highest BCUT2D eigenvalue weighted by atomic mass is 35.5. The van der Waals surface area contributed by atoms with Crippen molar-refractivity contribution in [3.63, 3.8) is 0 Å². The van der Waals surface area contributed by atoms with E-state index in [4.69, 9.17) is 46.4 Å². The van der Waals surface area contributed by atoms with Gasteiger partial charge in [0, 0.05) is 126 Å². The summed E-state index contributed by atoms with van der Waals surface area (Å²) in [5.41, 5.74) is 15.7. The molecule has 0 aliphatic heterocycles. The quantitative estimate of drug-likeness (QED) is 0.0320. The number of rotatable bonds is 21. The smallest absolute Gasteiger partial charge is 0.311 e. The summed E-state index contributed by atoms with van der Waals surface area (Å²) in [4.78, 5) is 154. The molecular formula is C117H121Cl4N11O12S. The van der Waals surface area contributed by atoms with Crippen molar-refractivity contribution in [2.45, 2.75) is 238 Å². The van der Waals surface area contributed by atoms with E-state index >= 15 is 0 Å². The molecular weight excluding hydrogens is 1930 g/mol. The van der Waals surface area contributed by atoms with E-state index < -0.39 is 43.8 Å². The van der Waals surface area contributed by atoms with E-state index in [9.17, 15) is 56.4 Å². The molecule has 0 spiro atoms. The average Bonchev–Trinajstić information content (AvgIpc) is 0.647. The maximum atomic E-state index is 12.7. The summed E-state index contributed by atoms with van der Waals surface area (Å²) in [6.07, 6.45) is 22.7. The Morgan fingerprint density at radius 1 is 0.262 bits per heavy atom. The van der Waals surface area contributed by atoms with Crippen LogP contribution < -0.4 is 56.2 Å². The van der Waals surface area contributed by atoms with Crippen molar-refractivity contribution in [3.05, 3.63) is 502 Å². The van der Waals surface area contributed by atoms with Crippen molar-refractivity contribution in [2.24, 2.45) is 0 Å². The fraction of sp³-hybridized carbons (Fsp3) is 0.325. The fourth-order valence-corrected chi connectivity index (χ4v) is 24.1. The molecule has 10 N–H and O–H groups in total. The van der Waals surface area contributed by atoms with E-state index in [1.165, 1.54) is 33.4 Å². The second kappa shape index (κ2) is 49.0. The molecule has 15 aromatic rings. The summed E-state index contributed by atoms with van der Waals surface area (Å²) in [7, 11) is -3.43. The third kappa shape index (κ3) is 27.6. The lowest BCUT2D eigenvalue weighted by Gasteiger charge is -2.29. The zero-order valence-corrected chi connectivity index (χ0v) is 85.3. The third-order valence-electron chi connectivity index (χ3n) is 29.7. The number of H-pyrrole nitrogens is 10. The van der Waals surface area contributed by atoms with Crippen LogP contribution in [0.3, 0.4) is 0 Å². The molecule has 0 unspecified atom stereocenters. The number of aromatic nitrogens is 11. The summed E-state index contributed by atoms with van der Waals surface area (Å²) in [6, 6.07) is 83.8. The van der Waals surface area contributed by atoms with Crippen LogP contribution in [0.2, 0.25) is 20.1 Å². The van der Waals surface area contributed by atoms with Crippen LogP contribution in [0.5, 0.6) is 0 Å². The van der Waals surface area contributed by atoms with Crippen LogP contribution in [0.15, 0.2) is 308 Å². The van der Waals surface area contributed by atoms with Crippen LogP contribution in [0.1, 0.15) is 311 Å². The number of benzene rings is 9. The number of nitrogens with zero attached hydrogens (tertiary/aromatic N) is 1. The monoisotopic (exact) mass is 2040 g/mol. The van der Waals surface area contributed by atoms with E-state index in [2.05, 4.69) is 170 Å². The van der Waals surface area contributed by atoms with Gasteiger partial charge in [0.25, 0.3) is 27.8 Å². The molecule has 0 saturated heterocycles. The molecule has 750 valence electrons. The summed E-state index contributed by atoms with van der Waals surface area (Å²) in [5.74, 6) is 3.44. The Labute approximate surface area is 860 Å². The lowest BCUT2D eigenvalue weighted by molar-refractivity contribution is 0.388. The Morgan fingerprint density at radius 3 is 0.883 bits per heavy atom. The van der Waals surface area contributed by atoms with Gasteiger partial charge in [-0.25, -0.2) is 32.4 Å². The van der Waals surface area contributed by atoms with E-state index in [0.717, 1.165) is 186 Å². The number of nitrogens with one attached hydrogen (secondary N) is 10. The molecule has 0 atom stereocenters. The molecule has 5 aliphatic carbocycles. The van der Waals surface area contributed by atoms with Crippen LogP contribution in [-0.4, -0.2) is 69.5 Å². The summed E-state index contributed by atoms with van der Waals surface area (Å²) < 4.78 is 24.4. The van der Waals surface area contributed by atoms with Gasteiger partial charge in [-0.15, -0.1) is 0 Å². The van der Waals surface area contributed by atoms with E-state index in [1.807, 2.05) is 98.8 Å². The first-order valence-corrected chi connectivity index (χ1v) is 53.6. The molecule has 5 fully saturated rings. The van der Waals surface area contributed by atoms with E-state index in [0.29, 0.717) is 114 Å². The Balaban J connectivity index is 0.000000130.